The van der Waals surface area contributed by atoms with Crippen molar-refractivity contribution < 1.29 is 19.0 Å². The van der Waals surface area contributed by atoms with Gasteiger partial charge in [-0.3, -0.25) is 5.32 Å². The molecule has 1 aliphatic heterocycles. The first kappa shape index (κ1) is 16.5. The molecule has 2 heterocycles. The van der Waals surface area contributed by atoms with Crippen LogP contribution in [-0.2, 0) is 14.2 Å². The minimum absolute atomic E-state index is 0.278. The summed E-state index contributed by atoms with van der Waals surface area (Å²) < 4.78 is 21.3. The lowest BCUT2D eigenvalue weighted by Crippen LogP contribution is -2.32. The van der Waals surface area contributed by atoms with E-state index in [-0.39, 0.29) is 6.10 Å². The third-order valence-electron chi connectivity index (χ3n) is 3.78. The van der Waals surface area contributed by atoms with Crippen molar-refractivity contribution in [2.75, 3.05) is 11.9 Å². The summed E-state index contributed by atoms with van der Waals surface area (Å²) in [6, 6.07) is 0. The van der Waals surface area contributed by atoms with E-state index in [1.165, 1.54) is 6.42 Å². The standard InChI is InChI=1S/C15H21N3O4S/c1-14(2,3)22-13(19)17-12-16-11(18-23-12)10-9-20-15(21-10)7-5-4-6-8-15/h10H,1,4-9H2,2-3H3/p+1/t10-/m1/s1. The molecule has 0 bridgehead atoms. The van der Waals surface area contributed by atoms with Gasteiger partial charge in [0.2, 0.25) is 10.7 Å². The maximum absolute atomic E-state index is 11.7. The smallest absolute Gasteiger partial charge is 0.402 e. The lowest BCUT2D eigenvalue weighted by atomic mass is 9.94. The zero-order valence-corrected chi connectivity index (χ0v) is 14.3. The second kappa shape index (κ2) is 6.26. The number of hydrogen-bond donors (Lipinski definition) is 1. The second-order valence-electron chi connectivity index (χ2n) is 6.62. The van der Waals surface area contributed by atoms with Gasteiger partial charge in [0.25, 0.3) is 0 Å². The Labute approximate surface area is 139 Å². The van der Waals surface area contributed by atoms with Crippen LogP contribution in [0.2, 0.25) is 0 Å². The van der Waals surface area contributed by atoms with E-state index >= 15 is 0 Å². The molecule has 0 aromatic carbocycles. The molecule has 1 aromatic heterocycles. The van der Waals surface area contributed by atoms with Crippen LogP contribution in [0.3, 0.4) is 0 Å². The number of anilines is 1. The van der Waals surface area contributed by atoms with Crippen LogP contribution in [-0.4, -0.2) is 33.4 Å². The predicted octanol–water partition coefficient (Wildman–Crippen LogP) is 3.45. The van der Waals surface area contributed by atoms with Gasteiger partial charge in [-0.05, 0) is 12.8 Å². The molecule has 1 atom stereocenters. The summed E-state index contributed by atoms with van der Waals surface area (Å²) in [4.78, 5) is 16.0. The van der Waals surface area contributed by atoms with Crippen LogP contribution in [0.5, 0.6) is 0 Å². The Morgan fingerprint density at radius 3 is 2.87 bits per heavy atom. The molecule has 1 aromatic rings. The monoisotopic (exact) mass is 340 g/mol. The van der Waals surface area contributed by atoms with Crippen LogP contribution in [0, 0.1) is 6.92 Å². The van der Waals surface area contributed by atoms with Gasteiger partial charge in [-0.15, -0.1) is 0 Å². The Balaban J connectivity index is 1.58. The summed E-state index contributed by atoms with van der Waals surface area (Å²) in [6.07, 6.45) is 4.44. The van der Waals surface area contributed by atoms with Gasteiger partial charge in [-0.25, -0.2) is 9.78 Å². The molecule has 0 unspecified atom stereocenters. The highest BCUT2D eigenvalue weighted by Crippen LogP contribution is 2.42. The van der Waals surface area contributed by atoms with Crippen molar-refractivity contribution in [2.24, 2.45) is 0 Å². The van der Waals surface area contributed by atoms with Crippen molar-refractivity contribution in [1.82, 2.24) is 9.36 Å². The molecule has 23 heavy (non-hydrogen) atoms. The number of amides is 1. The molecule has 3 rings (SSSR count). The first-order chi connectivity index (χ1) is 10.9. The third-order valence-corrected chi connectivity index (χ3v) is 4.42. The fraction of sp³-hybridized carbons (Fsp3) is 0.733. The largest absolute Gasteiger partial charge is 0.417 e. The molecule has 0 radical (unpaired) electrons. The van der Waals surface area contributed by atoms with Crippen molar-refractivity contribution in [2.45, 2.75) is 63.4 Å². The van der Waals surface area contributed by atoms with E-state index in [4.69, 9.17) is 14.2 Å². The Bertz CT molecular complexity index is 563. The molecular formula is C15H22N3O4S+. The van der Waals surface area contributed by atoms with E-state index in [0.29, 0.717) is 17.6 Å². The summed E-state index contributed by atoms with van der Waals surface area (Å²) in [5, 5.41) is 2.94. The summed E-state index contributed by atoms with van der Waals surface area (Å²) in [6.45, 7) is 7.57. The van der Waals surface area contributed by atoms with Crippen LogP contribution in [0.15, 0.2) is 0 Å². The molecule has 7 nitrogen and oxygen atoms in total. The SMILES string of the molecule is [CH2+]C(C)(C)OC(=O)Nc1nc([C@H]2COC3(CCCCC3)O2)ns1. The van der Waals surface area contributed by atoms with E-state index in [2.05, 4.69) is 21.6 Å². The third kappa shape index (κ3) is 4.13. The summed E-state index contributed by atoms with van der Waals surface area (Å²) >= 11 is 1.10. The van der Waals surface area contributed by atoms with Gasteiger partial charge < -0.3 is 14.2 Å². The minimum Gasteiger partial charge on any atom is -0.402 e. The first-order valence-electron chi connectivity index (χ1n) is 7.86. The number of nitrogens with zero attached hydrogens (tertiary/aromatic N) is 2. The highest BCUT2D eigenvalue weighted by molar-refractivity contribution is 7.09. The number of aromatic nitrogens is 2. The lowest BCUT2D eigenvalue weighted by molar-refractivity contribution is -0.188. The first-order valence-corrected chi connectivity index (χ1v) is 8.63. The van der Waals surface area contributed by atoms with E-state index in [1.807, 2.05) is 0 Å². The lowest BCUT2D eigenvalue weighted by Gasteiger charge is -2.31. The highest BCUT2D eigenvalue weighted by atomic mass is 32.1. The van der Waals surface area contributed by atoms with E-state index < -0.39 is 17.5 Å². The fourth-order valence-electron chi connectivity index (χ4n) is 2.81. The van der Waals surface area contributed by atoms with Crippen molar-refractivity contribution in [3.8, 4) is 0 Å². The van der Waals surface area contributed by atoms with Gasteiger partial charge in [0, 0.05) is 38.2 Å². The van der Waals surface area contributed by atoms with Crippen LogP contribution in [0.4, 0.5) is 9.93 Å². The Morgan fingerprint density at radius 1 is 1.43 bits per heavy atom. The van der Waals surface area contributed by atoms with Crippen LogP contribution in [0.1, 0.15) is 57.9 Å². The maximum atomic E-state index is 11.7. The van der Waals surface area contributed by atoms with Gasteiger partial charge in [0.1, 0.15) is 13.0 Å². The summed E-state index contributed by atoms with van der Waals surface area (Å²) in [5.41, 5.74) is -0.798. The molecule has 126 valence electrons. The van der Waals surface area contributed by atoms with E-state index in [9.17, 15) is 4.79 Å². The molecule has 1 saturated heterocycles. The van der Waals surface area contributed by atoms with Crippen LogP contribution < -0.4 is 5.32 Å². The molecule has 1 N–H and O–H groups in total. The molecule has 1 aliphatic carbocycles. The molecular weight excluding hydrogens is 318 g/mol. The molecule has 2 aliphatic rings. The van der Waals surface area contributed by atoms with Crippen LogP contribution >= 0.6 is 11.5 Å². The highest BCUT2D eigenvalue weighted by Gasteiger charge is 2.44. The Kier molecular flexibility index (Phi) is 4.48. The van der Waals surface area contributed by atoms with E-state index in [1.54, 1.807) is 13.8 Å². The zero-order valence-electron chi connectivity index (χ0n) is 13.5. The van der Waals surface area contributed by atoms with Gasteiger partial charge in [0.05, 0.1) is 6.61 Å². The Hall–Kier alpha value is -1.38. The minimum atomic E-state index is -0.798. The zero-order chi connectivity index (χ0) is 16.5. The van der Waals surface area contributed by atoms with Crippen molar-refractivity contribution in [3.63, 3.8) is 0 Å². The van der Waals surface area contributed by atoms with Crippen LogP contribution in [0.25, 0.3) is 0 Å². The van der Waals surface area contributed by atoms with Gasteiger partial charge in [-0.2, -0.15) is 4.37 Å². The number of carbonyl (C=O) groups excluding carboxylic acids is 1. The maximum Gasteiger partial charge on any atom is 0.417 e. The average Bonchev–Trinajstić information content (AvgIpc) is 3.05. The second-order valence-corrected chi connectivity index (χ2v) is 7.37. The predicted molar refractivity (Wildman–Crippen MR) is 85.0 cm³/mol. The van der Waals surface area contributed by atoms with Crippen molar-refractivity contribution >= 4 is 22.8 Å². The van der Waals surface area contributed by atoms with Gasteiger partial charge in [0.15, 0.2) is 11.6 Å². The quantitative estimate of drug-likeness (QED) is 0.849. The summed E-state index contributed by atoms with van der Waals surface area (Å²) in [7, 11) is 0. The van der Waals surface area contributed by atoms with Crippen molar-refractivity contribution in [3.05, 3.63) is 12.7 Å². The number of nitrogens with one attached hydrogen (secondary N) is 1. The Morgan fingerprint density at radius 2 is 2.17 bits per heavy atom. The number of rotatable bonds is 3. The molecule has 8 heteroatoms. The molecule has 2 fully saturated rings. The van der Waals surface area contributed by atoms with Gasteiger partial charge >= 0.3 is 6.09 Å². The van der Waals surface area contributed by atoms with Crippen molar-refractivity contribution in [1.29, 1.82) is 0 Å². The number of hydrogen-bond acceptors (Lipinski definition) is 7. The fourth-order valence-corrected chi connectivity index (χ4v) is 3.42. The summed E-state index contributed by atoms with van der Waals surface area (Å²) in [5.74, 6) is 0.0835. The van der Waals surface area contributed by atoms with E-state index in [0.717, 1.165) is 37.2 Å². The molecule has 1 saturated carbocycles. The average molecular weight is 340 g/mol. The molecule has 1 amide bonds. The van der Waals surface area contributed by atoms with Gasteiger partial charge in [-0.1, -0.05) is 6.42 Å². The number of ether oxygens (including phenoxy) is 3. The number of carbonyl (C=O) groups is 1. The normalized spacial score (nSPS) is 23.8. The topological polar surface area (TPSA) is 82.6 Å². The molecule has 1 spiro atoms.